The fraction of sp³-hybridized carbons (Fsp3) is 0.471. The van der Waals surface area contributed by atoms with Crippen molar-refractivity contribution >= 4 is 17.7 Å². The summed E-state index contributed by atoms with van der Waals surface area (Å²) in [5.74, 6) is 0.0151. The minimum absolute atomic E-state index is 0.0151. The number of nitrogens with zero attached hydrogens (tertiary/aromatic N) is 3. The predicted molar refractivity (Wildman–Crippen MR) is 96.0 cm³/mol. The van der Waals surface area contributed by atoms with Gasteiger partial charge in [-0.25, -0.2) is 9.89 Å². The van der Waals surface area contributed by atoms with E-state index in [9.17, 15) is 9.59 Å². The SMILES string of the molecule is CCCCn1c(SC(C)C(=O)N(C)Cc2ccccc2)n[nH]c1=O. The molecule has 1 heterocycles. The third-order valence-corrected chi connectivity index (χ3v) is 4.80. The van der Waals surface area contributed by atoms with E-state index in [0.717, 1.165) is 18.4 Å². The van der Waals surface area contributed by atoms with Crippen LogP contribution in [0.3, 0.4) is 0 Å². The number of H-pyrrole nitrogens is 1. The van der Waals surface area contributed by atoms with Crippen LogP contribution in [0.1, 0.15) is 32.3 Å². The number of aromatic amines is 1. The molecule has 2 rings (SSSR count). The summed E-state index contributed by atoms with van der Waals surface area (Å²) in [6, 6.07) is 9.87. The van der Waals surface area contributed by atoms with Gasteiger partial charge in [-0.3, -0.25) is 9.36 Å². The first kappa shape index (κ1) is 18.3. The number of carbonyl (C=O) groups is 1. The van der Waals surface area contributed by atoms with E-state index in [-0.39, 0.29) is 16.8 Å². The van der Waals surface area contributed by atoms with Gasteiger partial charge in [-0.1, -0.05) is 55.4 Å². The molecular weight excluding hydrogens is 324 g/mol. The van der Waals surface area contributed by atoms with Crippen molar-refractivity contribution < 1.29 is 4.79 Å². The molecule has 1 aromatic carbocycles. The Balaban J connectivity index is 2.00. The van der Waals surface area contributed by atoms with E-state index >= 15 is 0 Å². The van der Waals surface area contributed by atoms with Crippen LogP contribution in [0.15, 0.2) is 40.3 Å². The molecule has 7 heteroatoms. The summed E-state index contributed by atoms with van der Waals surface area (Å²) in [6.07, 6.45) is 1.90. The van der Waals surface area contributed by atoms with Crippen molar-refractivity contribution in [2.45, 2.75) is 50.2 Å². The lowest BCUT2D eigenvalue weighted by atomic mass is 10.2. The lowest BCUT2D eigenvalue weighted by Crippen LogP contribution is -2.33. The second-order valence-electron chi connectivity index (χ2n) is 5.76. The average Bonchev–Trinajstić information content (AvgIpc) is 2.92. The van der Waals surface area contributed by atoms with E-state index in [4.69, 9.17) is 0 Å². The van der Waals surface area contributed by atoms with Gasteiger partial charge >= 0.3 is 5.69 Å². The minimum Gasteiger partial charge on any atom is -0.340 e. The number of rotatable bonds is 8. The molecule has 0 saturated heterocycles. The smallest absolute Gasteiger partial charge is 0.340 e. The molecule has 130 valence electrons. The maximum Gasteiger partial charge on any atom is 0.343 e. The Morgan fingerprint density at radius 1 is 1.38 bits per heavy atom. The van der Waals surface area contributed by atoms with E-state index in [0.29, 0.717) is 18.2 Å². The number of hydrogen-bond donors (Lipinski definition) is 1. The summed E-state index contributed by atoms with van der Waals surface area (Å²) < 4.78 is 1.61. The molecule has 0 saturated carbocycles. The van der Waals surface area contributed by atoms with E-state index in [1.807, 2.05) is 37.3 Å². The molecule has 1 unspecified atom stereocenters. The summed E-state index contributed by atoms with van der Waals surface area (Å²) in [5, 5.41) is 6.78. The molecule has 0 aliphatic heterocycles. The number of unbranched alkanes of at least 4 members (excludes halogenated alkanes) is 1. The van der Waals surface area contributed by atoms with Gasteiger partial charge in [-0.05, 0) is 18.9 Å². The molecule has 0 aliphatic carbocycles. The molecule has 1 atom stereocenters. The van der Waals surface area contributed by atoms with Crippen molar-refractivity contribution in [3.8, 4) is 0 Å². The highest BCUT2D eigenvalue weighted by Gasteiger charge is 2.22. The lowest BCUT2D eigenvalue weighted by Gasteiger charge is -2.21. The zero-order valence-electron chi connectivity index (χ0n) is 14.4. The van der Waals surface area contributed by atoms with Crippen LogP contribution in [0.2, 0.25) is 0 Å². The number of benzene rings is 1. The normalized spacial score (nSPS) is 12.1. The number of hydrogen-bond acceptors (Lipinski definition) is 4. The molecular formula is C17H24N4O2S. The van der Waals surface area contributed by atoms with E-state index in [2.05, 4.69) is 17.1 Å². The van der Waals surface area contributed by atoms with Gasteiger partial charge in [0.1, 0.15) is 0 Å². The highest BCUT2D eigenvalue weighted by Crippen LogP contribution is 2.22. The number of thioether (sulfide) groups is 1. The highest BCUT2D eigenvalue weighted by atomic mass is 32.2. The summed E-state index contributed by atoms with van der Waals surface area (Å²) in [5.41, 5.74) is 0.869. The monoisotopic (exact) mass is 348 g/mol. The molecule has 6 nitrogen and oxygen atoms in total. The van der Waals surface area contributed by atoms with Crippen molar-refractivity contribution in [2.24, 2.45) is 0 Å². The Hall–Kier alpha value is -2.02. The summed E-state index contributed by atoms with van der Waals surface area (Å²) in [6.45, 7) is 5.10. The van der Waals surface area contributed by atoms with Crippen LogP contribution < -0.4 is 5.69 Å². The van der Waals surface area contributed by atoms with Crippen LogP contribution in [0.25, 0.3) is 0 Å². The van der Waals surface area contributed by atoms with Crippen molar-refractivity contribution in [3.63, 3.8) is 0 Å². The summed E-state index contributed by atoms with van der Waals surface area (Å²) >= 11 is 1.32. The fourth-order valence-corrected chi connectivity index (χ4v) is 3.36. The summed E-state index contributed by atoms with van der Waals surface area (Å²) in [4.78, 5) is 26.1. The van der Waals surface area contributed by atoms with Crippen LogP contribution in [0.4, 0.5) is 0 Å². The zero-order chi connectivity index (χ0) is 17.5. The topological polar surface area (TPSA) is 71.0 Å². The molecule has 0 spiro atoms. The molecule has 1 N–H and O–H groups in total. The standard InChI is InChI=1S/C17H24N4O2S/c1-4-5-11-21-16(23)18-19-17(21)24-13(2)15(22)20(3)12-14-9-7-6-8-10-14/h6-10,13H,4-5,11-12H2,1-3H3,(H,18,23). The predicted octanol–water partition coefficient (Wildman–Crippen LogP) is 2.51. The highest BCUT2D eigenvalue weighted by molar-refractivity contribution is 8.00. The Morgan fingerprint density at radius 2 is 2.08 bits per heavy atom. The van der Waals surface area contributed by atoms with Crippen LogP contribution in [-0.4, -0.2) is 37.9 Å². The molecule has 0 fully saturated rings. The largest absolute Gasteiger partial charge is 0.343 e. The average molecular weight is 348 g/mol. The molecule has 0 radical (unpaired) electrons. The first-order valence-electron chi connectivity index (χ1n) is 8.13. The second-order valence-corrected chi connectivity index (χ2v) is 7.06. The van der Waals surface area contributed by atoms with Gasteiger partial charge in [0.25, 0.3) is 0 Å². The Bertz CT molecular complexity index is 711. The van der Waals surface area contributed by atoms with Gasteiger partial charge in [0.2, 0.25) is 5.91 Å². The molecule has 2 aromatic rings. The number of nitrogens with one attached hydrogen (secondary N) is 1. The lowest BCUT2D eigenvalue weighted by molar-refractivity contribution is -0.129. The Labute approximate surface area is 146 Å². The number of aromatic nitrogens is 3. The summed E-state index contributed by atoms with van der Waals surface area (Å²) in [7, 11) is 1.79. The van der Waals surface area contributed by atoms with Gasteiger partial charge < -0.3 is 4.90 Å². The van der Waals surface area contributed by atoms with E-state index in [1.54, 1.807) is 16.5 Å². The van der Waals surface area contributed by atoms with Gasteiger partial charge in [0, 0.05) is 20.1 Å². The quantitative estimate of drug-likeness (QED) is 0.744. The molecule has 0 bridgehead atoms. The molecule has 0 aliphatic rings. The molecule has 24 heavy (non-hydrogen) atoms. The second kappa shape index (κ2) is 8.73. The van der Waals surface area contributed by atoms with Crippen LogP contribution in [-0.2, 0) is 17.9 Å². The third-order valence-electron chi connectivity index (χ3n) is 3.73. The van der Waals surface area contributed by atoms with E-state index in [1.165, 1.54) is 11.8 Å². The van der Waals surface area contributed by atoms with Gasteiger partial charge in [0.15, 0.2) is 5.16 Å². The Morgan fingerprint density at radius 3 is 2.75 bits per heavy atom. The fourth-order valence-electron chi connectivity index (χ4n) is 2.36. The van der Waals surface area contributed by atoms with Gasteiger partial charge in [-0.2, -0.15) is 0 Å². The van der Waals surface area contributed by atoms with Crippen LogP contribution in [0, 0.1) is 0 Å². The Kier molecular flexibility index (Phi) is 6.66. The molecule has 1 aromatic heterocycles. The maximum atomic E-state index is 12.6. The first-order valence-corrected chi connectivity index (χ1v) is 9.01. The van der Waals surface area contributed by atoms with Gasteiger partial charge in [0.05, 0.1) is 5.25 Å². The van der Waals surface area contributed by atoms with Crippen molar-refractivity contribution in [1.29, 1.82) is 0 Å². The molecule has 1 amide bonds. The van der Waals surface area contributed by atoms with E-state index < -0.39 is 0 Å². The van der Waals surface area contributed by atoms with Crippen LogP contribution in [0.5, 0.6) is 0 Å². The van der Waals surface area contributed by atoms with Crippen LogP contribution >= 0.6 is 11.8 Å². The van der Waals surface area contributed by atoms with Gasteiger partial charge in [-0.15, -0.1) is 5.10 Å². The zero-order valence-corrected chi connectivity index (χ0v) is 15.2. The van der Waals surface area contributed by atoms with Crippen molar-refractivity contribution in [2.75, 3.05) is 7.05 Å². The minimum atomic E-state index is -0.311. The van der Waals surface area contributed by atoms with Crippen molar-refractivity contribution in [1.82, 2.24) is 19.7 Å². The number of carbonyl (C=O) groups excluding carboxylic acids is 1. The maximum absolute atomic E-state index is 12.6. The first-order chi connectivity index (χ1) is 11.5. The van der Waals surface area contributed by atoms with Crippen molar-refractivity contribution in [3.05, 3.63) is 46.4 Å². The number of amides is 1. The third kappa shape index (κ3) is 4.74.